The third-order valence-corrected chi connectivity index (χ3v) is 3.21. The summed E-state index contributed by atoms with van der Waals surface area (Å²) < 4.78 is 49.3. The SMILES string of the molecule is O=C(CC1CNc2ccccc21)NCC(F)(F)C(F)F. The number of carbonyl (C=O) groups excluding carboxylic acids is 1. The van der Waals surface area contributed by atoms with E-state index in [2.05, 4.69) is 5.32 Å². The van der Waals surface area contributed by atoms with Crippen molar-refractivity contribution in [3.63, 3.8) is 0 Å². The van der Waals surface area contributed by atoms with E-state index in [1.807, 2.05) is 29.6 Å². The van der Waals surface area contributed by atoms with E-state index in [1.54, 1.807) is 0 Å². The van der Waals surface area contributed by atoms with Crippen LogP contribution in [0.25, 0.3) is 0 Å². The Morgan fingerprint density at radius 2 is 2.10 bits per heavy atom. The normalized spacial score (nSPS) is 17.8. The van der Waals surface area contributed by atoms with Crippen LogP contribution in [-0.2, 0) is 4.79 Å². The molecule has 110 valence electrons. The number of benzene rings is 1. The fourth-order valence-electron chi connectivity index (χ4n) is 2.13. The van der Waals surface area contributed by atoms with Crippen molar-refractivity contribution in [1.82, 2.24) is 5.32 Å². The summed E-state index contributed by atoms with van der Waals surface area (Å²) in [6, 6.07) is 7.37. The number of nitrogens with one attached hydrogen (secondary N) is 2. The average molecular weight is 290 g/mol. The van der Waals surface area contributed by atoms with Crippen LogP contribution >= 0.6 is 0 Å². The van der Waals surface area contributed by atoms with Crippen LogP contribution in [0.3, 0.4) is 0 Å². The van der Waals surface area contributed by atoms with Gasteiger partial charge < -0.3 is 10.6 Å². The highest BCUT2D eigenvalue weighted by atomic mass is 19.3. The molecule has 0 saturated heterocycles. The van der Waals surface area contributed by atoms with Crippen LogP contribution in [-0.4, -0.2) is 31.3 Å². The average Bonchev–Trinajstić information content (AvgIpc) is 2.80. The number of halogens is 4. The van der Waals surface area contributed by atoms with Crippen molar-refractivity contribution < 1.29 is 22.4 Å². The number of fused-ring (bicyclic) bond motifs is 1. The largest absolute Gasteiger partial charge is 0.384 e. The molecule has 1 heterocycles. The molecule has 20 heavy (non-hydrogen) atoms. The van der Waals surface area contributed by atoms with Crippen molar-refractivity contribution in [1.29, 1.82) is 0 Å². The third kappa shape index (κ3) is 3.20. The van der Waals surface area contributed by atoms with Gasteiger partial charge in [-0.1, -0.05) is 18.2 Å². The summed E-state index contributed by atoms with van der Waals surface area (Å²) in [4.78, 5) is 11.6. The molecule has 0 radical (unpaired) electrons. The van der Waals surface area contributed by atoms with E-state index in [4.69, 9.17) is 0 Å². The minimum atomic E-state index is -4.19. The summed E-state index contributed by atoms with van der Waals surface area (Å²) in [5, 5.41) is 4.96. The molecule has 1 amide bonds. The highest BCUT2D eigenvalue weighted by Gasteiger charge is 2.41. The maximum atomic E-state index is 12.7. The maximum absolute atomic E-state index is 12.7. The van der Waals surface area contributed by atoms with Gasteiger partial charge in [-0.15, -0.1) is 0 Å². The summed E-state index contributed by atoms with van der Waals surface area (Å²) in [6.45, 7) is -0.816. The minimum Gasteiger partial charge on any atom is -0.384 e. The second-order valence-corrected chi connectivity index (χ2v) is 4.71. The Bertz CT molecular complexity index is 493. The number of rotatable bonds is 5. The molecule has 2 N–H and O–H groups in total. The fourth-order valence-corrected chi connectivity index (χ4v) is 2.13. The van der Waals surface area contributed by atoms with E-state index in [0.29, 0.717) is 6.54 Å². The van der Waals surface area contributed by atoms with Crippen LogP contribution in [0.5, 0.6) is 0 Å². The molecule has 0 aromatic heterocycles. The molecule has 0 saturated carbocycles. The standard InChI is InChI=1S/C13H14F4N2O/c14-12(15)13(16,17)7-19-11(20)5-8-6-18-10-4-2-1-3-9(8)10/h1-4,8,12,18H,5-7H2,(H,19,20). The smallest absolute Gasteiger partial charge is 0.324 e. The van der Waals surface area contributed by atoms with E-state index >= 15 is 0 Å². The van der Waals surface area contributed by atoms with Crippen molar-refractivity contribution in [2.24, 2.45) is 0 Å². The molecule has 7 heteroatoms. The zero-order valence-corrected chi connectivity index (χ0v) is 10.5. The van der Waals surface area contributed by atoms with Crippen LogP contribution in [0.4, 0.5) is 23.2 Å². The van der Waals surface area contributed by atoms with Crippen LogP contribution in [0.15, 0.2) is 24.3 Å². The number of hydrogen-bond donors (Lipinski definition) is 2. The first-order valence-corrected chi connectivity index (χ1v) is 6.15. The number of amides is 1. The molecule has 0 fully saturated rings. The monoisotopic (exact) mass is 290 g/mol. The van der Waals surface area contributed by atoms with Crippen molar-refractivity contribution >= 4 is 11.6 Å². The second kappa shape index (κ2) is 5.68. The number of hydrogen-bond acceptors (Lipinski definition) is 2. The number of alkyl halides is 4. The van der Waals surface area contributed by atoms with Crippen molar-refractivity contribution in [3.05, 3.63) is 29.8 Å². The molecule has 1 unspecified atom stereocenters. The van der Waals surface area contributed by atoms with E-state index in [1.165, 1.54) is 0 Å². The van der Waals surface area contributed by atoms with Gasteiger partial charge in [0.25, 0.3) is 0 Å². The molecule has 1 aromatic rings. The van der Waals surface area contributed by atoms with Gasteiger partial charge >= 0.3 is 12.3 Å². The van der Waals surface area contributed by atoms with Gasteiger partial charge in [-0.25, -0.2) is 8.78 Å². The van der Waals surface area contributed by atoms with Crippen LogP contribution in [0.2, 0.25) is 0 Å². The van der Waals surface area contributed by atoms with Crippen LogP contribution < -0.4 is 10.6 Å². The van der Waals surface area contributed by atoms with E-state index in [-0.39, 0.29) is 12.3 Å². The van der Waals surface area contributed by atoms with Gasteiger partial charge in [0.05, 0.1) is 6.54 Å². The first-order chi connectivity index (χ1) is 9.40. The van der Waals surface area contributed by atoms with E-state index in [9.17, 15) is 22.4 Å². The molecule has 0 spiro atoms. The molecule has 2 rings (SSSR count). The summed E-state index contributed by atoms with van der Waals surface area (Å²) in [5.74, 6) is -4.98. The van der Waals surface area contributed by atoms with Gasteiger partial charge in [0.2, 0.25) is 5.91 Å². The van der Waals surface area contributed by atoms with Gasteiger partial charge in [-0.05, 0) is 11.6 Å². The summed E-state index contributed by atoms with van der Waals surface area (Å²) >= 11 is 0. The van der Waals surface area contributed by atoms with Gasteiger partial charge in [-0.3, -0.25) is 4.79 Å². The third-order valence-electron chi connectivity index (χ3n) is 3.21. The number of para-hydroxylation sites is 1. The minimum absolute atomic E-state index is 0.0106. The van der Waals surface area contributed by atoms with Crippen LogP contribution in [0.1, 0.15) is 17.9 Å². The Hall–Kier alpha value is -1.79. The van der Waals surface area contributed by atoms with Gasteiger partial charge in [-0.2, -0.15) is 8.78 Å². The van der Waals surface area contributed by atoms with Gasteiger partial charge in [0.1, 0.15) is 0 Å². The zero-order valence-electron chi connectivity index (χ0n) is 10.5. The zero-order chi connectivity index (χ0) is 14.8. The van der Waals surface area contributed by atoms with Gasteiger partial charge in [0, 0.05) is 24.6 Å². The van der Waals surface area contributed by atoms with Gasteiger partial charge in [0.15, 0.2) is 0 Å². The molecule has 1 aliphatic heterocycles. The maximum Gasteiger partial charge on any atom is 0.324 e. The van der Waals surface area contributed by atoms with Crippen LogP contribution in [0, 0.1) is 0 Å². The summed E-state index contributed by atoms with van der Waals surface area (Å²) in [7, 11) is 0. The van der Waals surface area contributed by atoms with E-state index in [0.717, 1.165) is 11.3 Å². The molecule has 1 atom stereocenters. The fraction of sp³-hybridized carbons (Fsp3) is 0.462. The Labute approximate surface area is 113 Å². The lowest BCUT2D eigenvalue weighted by atomic mass is 9.97. The lowest BCUT2D eigenvalue weighted by Crippen LogP contribution is -2.41. The molecule has 1 aromatic carbocycles. The Balaban J connectivity index is 1.88. The highest BCUT2D eigenvalue weighted by molar-refractivity contribution is 5.78. The lowest BCUT2D eigenvalue weighted by molar-refractivity contribution is -0.136. The predicted octanol–water partition coefficient (Wildman–Crippen LogP) is 2.60. The topological polar surface area (TPSA) is 41.1 Å². The van der Waals surface area contributed by atoms with E-state index < -0.39 is 24.8 Å². The molecule has 0 aliphatic carbocycles. The molecule has 1 aliphatic rings. The first kappa shape index (κ1) is 14.6. The predicted molar refractivity (Wildman–Crippen MR) is 66.3 cm³/mol. The summed E-state index contributed by atoms with van der Waals surface area (Å²) in [5.41, 5.74) is 1.84. The molecular formula is C13H14F4N2O. The van der Waals surface area contributed by atoms with Crippen molar-refractivity contribution in [3.8, 4) is 0 Å². The highest BCUT2D eigenvalue weighted by Crippen LogP contribution is 2.33. The number of anilines is 1. The molecule has 0 bridgehead atoms. The number of carbonyl (C=O) groups is 1. The first-order valence-electron chi connectivity index (χ1n) is 6.15. The Morgan fingerprint density at radius 1 is 1.40 bits per heavy atom. The van der Waals surface area contributed by atoms with Crippen molar-refractivity contribution in [2.45, 2.75) is 24.7 Å². The summed E-state index contributed by atoms with van der Waals surface area (Å²) in [6.07, 6.45) is -3.79. The quantitative estimate of drug-likeness (QED) is 0.818. The Kier molecular flexibility index (Phi) is 4.15. The molecule has 3 nitrogen and oxygen atoms in total. The second-order valence-electron chi connectivity index (χ2n) is 4.71. The molecular weight excluding hydrogens is 276 g/mol. The lowest BCUT2D eigenvalue weighted by Gasteiger charge is -2.16. The Morgan fingerprint density at radius 3 is 2.80 bits per heavy atom. The van der Waals surface area contributed by atoms with Crippen molar-refractivity contribution in [2.75, 3.05) is 18.4 Å².